The van der Waals surface area contributed by atoms with Crippen LogP contribution in [0.2, 0.25) is 0 Å². The number of aryl methyl sites for hydroxylation is 1. The molecule has 162 valence electrons. The molecule has 0 aliphatic heterocycles. The van der Waals surface area contributed by atoms with E-state index < -0.39 is 0 Å². The van der Waals surface area contributed by atoms with E-state index >= 15 is 0 Å². The molecule has 1 N–H and O–H groups in total. The summed E-state index contributed by atoms with van der Waals surface area (Å²) in [7, 11) is 1.56. The minimum absolute atomic E-state index is 0.196. The van der Waals surface area contributed by atoms with E-state index in [4.69, 9.17) is 14.2 Å². The van der Waals surface area contributed by atoms with Crippen LogP contribution in [0, 0.1) is 6.92 Å². The SMILES string of the molecule is COc1cc2c(Nc3ccc(C)c(OC(C)=O)c3)ncnc2cc1OCc1ncccn1. The number of nitrogens with zero attached hydrogens (tertiary/aromatic N) is 4. The maximum absolute atomic E-state index is 11.4. The van der Waals surface area contributed by atoms with Crippen molar-refractivity contribution in [3.8, 4) is 17.2 Å². The molecule has 32 heavy (non-hydrogen) atoms. The first kappa shape index (κ1) is 21.0. The molecule has 0 atom stereocenters. The number of hydrogen-bond donors (Lipinski definition) is 1. The number of anilines is 2. The Kier molecular flexibility index (Phi) is 6.07. The average molecular weight is 431 g/mol. The van der Waals surface area contributed by atoms with E-state index in [-0.39, 0.29) is 12.6 Å². The molecular formula is C23H21N5O4. The minimum Gasteiger partial charge on any atom is -0.493 e. The molecule has 0 aliphatic rings. The van der Waals surface area contributed by atoms with Crippen molar-refractivity contribution in [2.75, 3.05) is 12.4 Å². The van der Waals surface area contributed by atoms with Crippen LogP contribution >= 0.6 is 0 Å². The van der Waals surface area contributed by atoms with Gasteiger partial charge < -0.3 is 19.5 Å². The molecule has 0 fully saturated rings. The molecule has 0 amide bonds. The fourth-order valence-corrected chi connectivity index (χ4v) is 3.06. The quantitative estimate of drug-likeness (QED) is 0.343. The van der Waals surface area contributed by atoms with Crippen LogP contribution in [0.5, 0.6) is 17.2 Å². The van der Waals surface area contributed by atoms with Crippen molar-refractivity contribution in [3.63, 3.8) is 0 Å². The van der Waals surface area contributed by atoms with Gasteiger partial charge in [-0.2, -0.15) is 0 Å². The Bertz CT molecular complexity index is 1260. The third-order valence-corrected chi connectivity index (χ3v) is 4.60. The van der Waals surface area contributed by atoms with Gasteiger partial charge in [0.25, 0.3) is 0 Å². The molecule has 2 heterocycles. The van der Waals surface area contributed by atoms with Crippen LogP contribution in [0.3, 0.4) is 0 Å². The van der Waals surface area contributed by atoms with Gasteiger partial charge in [0.1, 0.15) is 24.5 Å². The predicted octanol–water partition coefficient (Wildman–Crippen LogP) is 3.98. The van der Waals surface area contributed by atoms with Crippen LogP contribution in [-0.4, -0.2) is 33.0 Å². The van der Waals surface area contributed by atoms with Crippen molar-refractivity contribution in [2.24, 2.45) is 0 Å². The summed E-state index contributed by atoms with van der Waals surface area (Å²) in [6.07, 6.45) is 4.78. The van der Waals surface area contributed by atoms with Crippen LogP contribution < -0.4 is 19.5 Å². The number of carbonyl (C=O) groups excluding carboxylic acids is 1. The lowest BCUT2D eigenvalue weighted by molar-refractivity contribution is -0.131. The molecule has 0 saturated heterocycles. The number of nitrogens with one attached hydrogen (secondary N) is 1. The van der Waals surface area contributed by atoms with Crippen LogP contribution in [0.1, 0.15) is 18.3 Å². The van der Waals surface area contributed by atoms with E-state index in [2.05, 4.69) is 25.3 Å². The zero-order valence-electron chi connectivity index (χ0n) is 17.8. The van der Waals surface area contributed by atoms with Gasteiger partial charge in [0.2, 0.25) is 0 Å². The summed E-state index contributed by atoms with van der Waals surface area (Å²) < 4.78 is 16.7. The van der Waals surface area contributed by atoms with Gasteiger partial charge in [-0.1, -0.05) is 6.07 Å². The van der Waals surface area contributed by atoms with Crippen molar-refractivity contribution in [3.05, 3.63) is 66.5 Å². The second-order valence-corrected chi connectivity index (χ2v) is 6.90. The van der Waals surface area contributed by atoms with Gasteiger partial charge in [0.05, 0.1) is 12.6 Å². The molecule has 9 heteroatoms. The molecule has 0 unspecified atom stereocenters. The highest BCUT2D eigenvalue weighted by atomic mass is 16.5. The highest BCUT2D eigenvalue weighted by Crippen LogP contribution is 2.35. The summed E-state index contributed by atoms with van der Waals surface area (Å²) in [6.45, 7) is 3.43. The maximum Gasteiger partial charge on any atom is 0.308 e. The zero-order valence-corrected chi connectivity index (χ0v) is 17.8. The second kappa shape index (κ2) is 9.25. The topological polar surface area (TPSA) is 108 Å². The maximum atomic E-state index is 11.4. The fourth-order valence-electron chi connectivity index (χ4n) is 3.06. The van der Waals surface area contributed by atoms with Gasteiger partial charge in [0, 0.05) is 42.5 Å². The highest BCUT2D eigenvalue weighted by Gasteiger charge is 2.13. The van der Waals surface area contributed by atoms with Gasteiger partial charge in [-0.05, 0) is 30.7 Å². The first-order valence-electron chi connectivity index (χ1n) is 9.81. The number of aromatic nitrogens is 4. The molecule has 2 aromatic carbocycles. The van der Waals surface area contributed by atoms with E-state index in [1.165, 1.54) is 13.3 Å². The van der Waals surface area contributed by atoms with Crippen LogP contribution in [0.25, 0.3) is 10.9 Å². The van der Waals surface area contributed by atoms with E-state index in [1.807, 2.05) is 19.1 Å². The molecule has 0 radical (unpaired) electrons. The van der Waals surface area contributed by atoms with Gasteiger partial charge in [0.15, 0.2) is 17.3 Å². The van der Waals surface area contributed by atoms with Gasteiger partial charge in [-0.3, -0.25) is 4.79 Å². The normalized spacial score (nSPS) is 10.6. The number of methoxy groups -OCH3 is 1. The third-order valence-electron chi connectivity index (χ3n) is 4.60. The Morgan fingerprint density at radius 1 is 1.00 bits per heavy atom. The van der Waals surface area contributed by atoms with Crippen molar-refractivity contribution in [1.29, 1.82) is 0 Å². The number of fused-ring (bicyclic) bond motifs is 1. The van der Waals surface area contributed by atoms with Gasteiger partial charge in [-0.25, -0.2) is 19.9 Å². The van der Waals surface area contributed by atoms with Gasteiger partial charge in [-0.15, -0.1) is 0 Å². The molecule has 0 saturated carbocycles. The Labute approximate surface area is 184 Å². The lowest BCUT2D eigenvalue weighted by atomic mass is 10.1. The molecule has 0 bridgehead atoms. The average Bonchev–Trinajstić information content (AvgIpc) is 2.80. The molecular weight excluding hydrogens is 410 g/mol. The summed E-state index contributed by atoms with van der Waals surface area (Å²) in [5.41, 5.74) is 2.23. The third kappa shape index (κ3) is 4.72. The van der Waals surface area contributed by atoms with Crippen molar-refractivity contribution in [1.82, 2.24) is 19.9 Å². The van der Waals surface area contributed by atoms with Crippen LogP contribution in [0.15, 0.2) is 55.1 Å². The number of carbonyl (C=O) groups is 1. The highest BCUT2D eigenvalue weighted by molar-refractivity contribution is 5.93. The molecule has 0 aliphatic carbocycles. The lowest BCUT2D eigenvalue weighted by Crippen LogP contribution is -2.04. The smallest absolute Gasteiger partial charge is 0.308 e. The summed E-state index contributed by atoms with van der Waals surface area (Å²) in [5, 5.41) is 4.00. The summed E-state index contributed by atoms with van der Waals surface area (Å²) in [6, 6.07) is 10.8. The largest absolute Gasteiger partial charge is 0.493 e. The lowest BCUT2D eigenvalue weighted by Gasteiger charge is -2.14. The van der Waals surface area contributed by atoms with E-state index in [9.17, 15) is 4.79 Å². The van der Waals surface area contributed by atoms with Crippen molar-refractivity contribution < 1.29 is 19.0 Å². The van der Waals surface area contributed by atoms with E-state index in [0.29, 0.717) is 40.1 Å². The number of ether oxygens (including phenoxy) is 3. The summed E-state index contributed by atoms with van der Waals surface area (Å²) in [5.74, 6) is 2.28. The summed E-state index contributed by atoms with van der Waals surface area (Å²) in [4.78, 5) is 28.4. The first-order chi connectivity index (χ1) is 15.5. The standard InChI is InChI=1S/C23H21N5O4/c1-14-5-6-16(9-19(14)32-15(2)29)28-23-17-10-20(30-3)21(11-18(17)26-13-27-23)31-12-22-24-7-4-8-25-22/h4-11,13H,12H2,1-3H3,(H,26,27,28). The first-order valence-corrected chi connectivity index (χ1v) is 9.81. The Morgan fingerprint density at radius 3 is 2.56 bits per heavy atom. The number of rotatable bonds is 7. The molecule has 4 rings (SSSR count). The zero-order chi connectivity index (χ0) is 22.5. The number of benzene rings is 2. The fraction of sp³-hybridized carbons (Fsp3) is 0.174. The second-order valence-electron chi connectivity index (χ2n) is 6.90. The predicted molar refractivity (Wildman–Crippen MR) is 118 cm³/mol. The Morgan fingerprint density at radius 2 is 1.81 bits per heavy atom. The number of esters is 1. The monoisotopic (exact) mass is 431 g/mol. The van der Waals surface area contributed by atoms with Crippen LogP contribution in [-0.2, 0) is 11.4 Å². The summed E-state index contributed by atoms with van der Waals surface area (Å²) >= 11 is 0. The van der Waals surface area contributed by atoms with Crippen molar-refractivity contribution in [2.45, 2.75) is 20.5 Å². The Balaban J connectivity index is 1.64. The van der Waals surface area contributed by atoms with Gasteiger partial charge >= 0.3 is 5.97 Å². The van der Waals surface area contributed by atoms with Crippen molar-refractivity contribution >= 4 is 28.4 Å². The van der Waals surface area contributed by atoms with Crippen LogP contribution in [0.4, 0.5) is 11.5 Å². The van der Waals surface area contributed by atoms with E-state index in [0.717, 1.165) is 10.9 Å². The Hall–Kier alpha value is -4.27. The molecule has 0 spiro atoms. The molecule has 9 nitrogen and oxygen atoms in total. The number of hydrogen-bond acceptors (Lipinski definition) is 9. The minimum atomic E-state index is -0.379. The van der Waals surface area contributed by atoms with E-state index in [1.54, 1.807) is 43.8 Å². The molecule has 4 aromatic rings. The molecule has 2 aromatic heterocycles.